The van der Waals surface area contributed by atoms with Crippen LogP contribution in [0.3, 0.4) is 0 Å². The molecule has 0 aliphatic heterocycles. The smallest absolute Gasteiger partial charge is 0.0462 e. The molecule has 174 valence electrons. The van der Waals surface area contributed by atoms with Crippen LogP contribution in [0.25, 0.3) is 0 Å². The van der Waals surface area contributed by atoms with Crippen LogP contribution in [0.15, 0.2) is 0 Å². The van der Waals surface area contributed by atoms with E-state index < -0.39 is 0 Å². The number of aliphatic hydroxyl groups excluding tert-OH is 1. The Hall–Kier alpha value is -0.0400. The quantitative estimate of drug-likeness (QED) is 0.446. The van der Waals surface area contributed by atoms with E-state index in [-0.39, 0.29) is 0 Å². The van der Waals surface area contributed by atoms with Crippen molar-refractivity contribution in [2.24, 2.45) is 64.1 Å². The highest BCUT2D eigenvalue weighted by atomic mass is 16.3. The fourth-order valence-corrected chi connectivity index (χ4v) is 10.2. The van der Waals surface area contributed by atoms with Gasteiger partial charge in [-0.05, 0) is 122 Å². The first-order chi connectivity index (χ1) is 14.3. The zero-order chi connectivity index (χ0) is 21.7. The molecule has 0 aromatic rings. The van der Waals surface area contributed by atoms with Gasteiger partial charge in [-0.3, -0.25) is 0 Å². The summed E-state index contributed by atoms with van der Waals surface area (Å²) >= 11 is 0. The predicted octanol–water partition coefficient (Wildman–Crippen LogP) is 7.96. The lowest BCUT2D eigenvalue weighted by Gasteiger charge is -2.58. The van der Waals surface area contributed by atoms with Crippen molar-refractivity contribution in [1.82, 2.24) is 0 Å². The molecule has 30 heavy (non-hydrogen) atoms. The van der Waals surface area contributed by atoms with E-state index in [2.05, 4.69) is 41.5 Å². The SMILES string of the molecule is CCC(CC[C@@H](C)C1CCC2C3CC[C@H]4[C@@H](CO)CC[C@]4(C)C3CC[C@@]21C)C(C)C. The minimum absolute atomic E-state index is 0.438. The van der Waals surface area contributed by atoms with Gasteiger partial charge in [0, 0.05) is 6.61 Å². The normalized spacial score (nSPS) is 47.6. The van der Waals surface area contributed by atoms with E-state index in [0.29, 0.717) is 23.4 Å². The van der Waals surface area contributed by atoms with Crippen LogP contribution in [0.5, 0.6) is 0 Å². The first kappa shape index (κ1) is 23.1. The molecular weight excluding hydrogens is 364 g/mol. The van der Waals surface area contributed by atoms with Gasteiger partial charge in [0.05, 0.1) is 0 Å². The summed E-state index contributed by atoms with van der Waals surface area (Å²) in [6.07, 6.45) is 15.8. The lowest BCUT2D eigenvalue weighted by molar-refractivity contribution is -0.0977. The minimum Gasteiger partial charge on any atom is -0.396 e. The standard InChI is InChI=1S/C29H52O/c1-7-21(19(2)3)9-8-20(4)24-12-13-26-23-10-11-25-22(18-30)14-16-29(25,6)27(23)15-17-28(24,26)5/h19-27,30H,7-18H2,1-6H3/t20-,21?,22-,23?,24?,25+,26?,27?,28-,29+/m1/s1. The lowest BCUT2D eigenvalue weighted by atomic mass is 9.46. The molecule has 1 heteroatoms. The summed E-state index contributed by atoms with van der Waals surface area (Å²) in [6.45, 7) is 15.7. The van der Waals surface area contributed by atoms with E-state index >= 15 is 0 Å². The first-order valence-corrected chi connectivity index (χ1v) is 13.9. The Labute approximate surface area is 188 Å². The van der Waals surface area contributed by atoms with Crippen molar-refractivity contribution in [3.63, 3.8) is 0 Å². The number of fused-ring (bicyclic) bond motifs is 5. The second-order valence-electron chi connectivity index (χ2n) is 13.2. The van der Waals surface area contributed by atoms with Crippen molar-refractivity contribution in [3.8, 4) is 0 Å². The molecule has 4 aliphatic carbocycles. The molecule has 0 heterocycles. The molecule has 0 spiro atoms. The zero-order valence-electron chi connectivity index (χ0n) is 21.1. The fourth-order valence-electron chi connectivity index (χ4n) is 10.2. The number of aliphatic hydroxyl groups is 1. The van der Waals surface area contributed by atoms with Crippen molar-refractivity contribution in [3.05, 3.63) is 0 Å². The van der Waals surface area contributed by atoms with Gasteiger partial charge in [0.25, 0.3) is 0 Å². The third kappa shape index (κ3) is 3.62. The summed E-state index contributed by atoms with van der Waals surface area (Å²) in [6, 6.07) is 0. The van der Waals surface area contributed by atoms with Gasteiger partial charge in [0.2, 0.25) is 0 Å². The number of rotatable bonds is 7. The molecule has 1 N–H and O–H groups in total. The van der Waals surface area contributed by atoms with Gasteiger partial charge in [-0.2, -0.15) is 0 Å². The van der Waals surface area contributed by atoms with Gasteiger partial charge in [0.15, 0.2) is 0 Å². The van der Waals surface area contributed by atoms with Crippen molar-refractivity contribution >= 4 is 0 Å². The maximum absolute atomic E-state index is 9.94. The molecule has 0 radical (unpaired) electrons. The summed E-state index contributed by atoms with van der Waals surface area (Å²) in [5.41, 5.74) is 1.14. The lowest BCUT2D eigenvalue weighted by Crippen LogP contribution is -2.51. The Morgan fingerprint density at radius 2 is 1.47 bits per heavy atom. The molecule has 0 amide bonds. The zero-order valence-corrected chi connectivity index (χ0v) is 21.1. The Morgan fingerprint density at radius 1 is 0.800 bits per heavy atom. The molecule has 4 fully saturated rings. The van der Waals surface area contributed by atoms with Gasteiger partial charge in [0.1, 0.15) is 0 Å². The molecule has 4 aliphatic rings. The van der Waals surface area contributed by atoms with Crippen LogP contribution in [-0.2, 0) is 0 Å². The van der Waals surface area contributed by atoms with E-state index in [4.69, 9.17) is 0 Å². The monoisotopic (exact) mass is 416 g/mol. The summed E-state index contributed by atoms with van der Waals surface area (Å²) in [7, 11) is 0. The Morgan fingerprint density at radius 3 is 2.13 bits per heavy atom. The maximum Gasteiger partial charge on any atom is 0.0462 e. The van der Waals surface area contributed by atoms with Crippen LogP contribution in [0, 0.1) is 64.1 Å². The average Bonchev–Trinajstić information content (AvgIpc) is 3.24. The molecule has 0 aromatic carbocycles. The van der Waals surface area contributed by atoms with Crippen molar-refractivity contribution in [2.45, 2.75) is 112 Å². The highest BCUT2D eigenvalue weighted by molar-refractivity contribution is 5.10. The molecule has 0 bridgehead atoms. The first-order valence-electron chi connectivity index (χ1n) is 13.9. The maximum atomic E-state index is 9.94. The summed E-state index contributed by atoms with van der Waals surface area (Å²) in [5, 5.41) is 9.94. The van der Waals surface area contributed by atoms with Crippen LogP contribution in [0.2, 0.25) is 0 Å². The molecular formula is C29H52O. The summed E-state index contributed by atoms with van der Waals surface area (Å²) < 4.78 is 0. The highest BCUT2D eigenvalue weighted by Crippen LogP contribution is 2.69. The van der Waals surface area contributed by atoms with E-state index in [1.54, 1.807) is 0 Å². The molecule has 0 aromatic heterocycles. The van der Waals surface area contributed by atoms with Gasteiger partial charge in [-0.25, -0.2) is 0 Å². The summed E-state index contributed by atoms with van der Waals surface area (Å²) in [4.78, 5) is 0. The van der Waals surface area contributed by atoms with E-state index in [9.17, 15) is 5.11 Å². The highest BCUT2D eigenvalue weighted by Gasteiger charge is 2.61. The summed E-state index contributed by atoms with van der Waals surface area (Å²) in [5.74, 6) is 7.97. The van der Waals surface area contributed by atoms with Crippen LogP contribution < -0.4 is 0 Å². The van der Waals surface area contributed by atoms with Gasteiger partial charge >= 0.3 is 0 Å². The Bertz CT molecular complexity index is 583. The van der Waals surface area contributed by atoms with E-state index in [1.165, 1.54) is 70.6 Å². The molecule has 4 saturated carbocycles. The van der Waals surface area contributed by atoms with Crippen LogP contribution in [-0.4, -0.2) is 11.7 Å². The Kier molecular flexibility index (Phi) is 6.72. The number of hydrogen-bond donors (Lipinski definition) is 1. The fraction of sp³-hybridized carbons (Fsp3) is 1.00. The van der Waals surface area contributed by atoms with Crippen LogP contribution in [0.4, 0.5) is 0 Å². The Balaban J connectivity index is 1.45. The van der Waals surface area contributed by atoms with Gasteiger partial charge < -0.3 is 5.11 Å². The molecule has 1 nitrogen and oxygen atoms in total. The van der Waals surface area contributed by atoms with Crippen molar-refractivity contribution in [2.75, 3.05) is 6.61 Å². The molecule has 5 unspecified atom stereocenters. The number of hydrogen-bond acceptors (Lipinski definition) is 1. The average molecular weight is 417 g/mol. The molecule has 0 saturated heterocycles. The minimum atomic E-state index is 0.438. The molecule has 10 atom stereocenters. The van der Waals surface area contributed by atoms with Crippen LogP contribution in [0.1, 0.15) is 112 Å². The predicted molar refractivity (Wildman–Crippen MR) is 128 cm³/mol. The topological polar surface area (TPSA) is 20.2 Å². The van der Waals surface area contributed by atoms with Crippen LogP contribution >= 0.6 is 0 Å². The second kappa shape index (κ2) is 8.72. The largest absolute Gasteiger partial charge is 0.396 e. The third-order valence-corrected chi connectivity index (χ3v) is 12.0. The molecule has 4 rings (SSSR count). The van der Waals surface area contributed by atoms with Crippen molar-refractivity contribution < 1.29 is 5.11 Å². The third-order valence-electron chi connectivity index (χ3n) is 12.0. The van der Waals surface area contributed by atoms with E-state index in [0.717, 1.165) is 47.3 Å². The van der Waals surface area contributed by atoms with Gasteiger partial charge in [-0.1, -0.05) is 54.4 Å². The van der Waals surface area contributed by atoms with Crippen molar-refractivity contribution in [1.29, 1.82) is 0 Å². The van der Waals surface area contributed by atoms with Gasteiger partial charge in [-0.15, -0.1) is 0 Å². The van der Waals surface area contributed by atoms with E-state index in [1.807, 2.05) is 0 Å². The second-order valence-corrected chi connectivity index (χ2v) is 13.2.